The zero-order valence-corrected chi connectivity index (χ0v) is 13.4. The van der Waals surface area contributed by atoms with Crippen molar-refractivity contribution in [3.63, 3.8) is 0 Å². The van der Waals surface area contributed by atoms with E-state index >= 15 is 0 Å². The molecule has 0 amide bonds. The lowest BCUT2D eigenvalue weighted by molar-refractivity contribution is 0.578. The summed E-state index contributed by atoms with van der Waals surface area (Å²) in [6.45, 7) is 0.165. The topological polar surface area (TPSA) is 76.9 Å². The second-order valence-electron chi connectivity index (χ2n) is 4.73. The maximum atomic E-state index is 12.2. The molecule has 3 aromatic heterocycles. The average Bonchev–Trinajstić information content (AvgIpc) is 3.17. The number of rotatable bonds is 5. The zero-order valence-electron chi connectivity index (χ0n) is 11.8. The summed E-state index contributed by atoms with van der Waals surface area (Å²) in [7, 11) is -1.91. The Kier molecular flexibility index (Phi) is 4.06. The Hall–Kier alpha value is -2.03. The summed E-state index contributed by atoms with van der Waals surface area (Å²) in [5.41, 5.74) is 2.59. The van der Waals surface area contributed by atoms with Gasteiger partial charge in [0.1, 0.15) is 0 Å². The lowest BCUT2D eigenvalue weighted by Gasteiger charge is -2.08. The molecule has 3 rings (SSSR count). The first-order valence-corrected chi connectivity index (χ1v) is 8.93. The molecule has 3 aromatic rings. The summed E-state index contributed by atoms with van der Waals surface area (Å²) in [5.74, 6) is 0. The number of sulfonamides is 1. The van der Waals surface area contributed by atoms with E-state index < -0.39 is 10.0 Å². The van der Waals surface area contributed by atoms with E-state index in [9.17, 15) is 8.42 Å². The minimum Gasteiger partial charge on any atom is -0.339 e. The van der Waals surface area contributed by atoms with Crippen molar-refractivity contribution in [1.82, 2.24) is 19.3 Å². The molecule has 114 valence electrons. The van der Waals surface area contributed by atoms with Gasteiger partial charge in [-0.1, -0.05) is 6.07 Å². The molecular weight excluding hydrogens is 320 g/mol. The second kappa shape index (κ2) is 5.99. The zero-order chi connectivity index (χ0) is 15.6. The van der Waals surface area contributed by atoms with Crippen molar-refractivity contribution in [1.29, 1.82) is 0 Å². The van der Waals surface area contributed by atoms with E-state index in [1.165, 1.54) is 12.5 Å². The molecule has 0 saturated carbocycles. The molecule has 8 heteroatoms. The van der Waals surface area contributed by atoms with Crippen LogP contribution in [0.25, 0.3) is 11.3 Å². The highest BCUT2D eigenvalue weighted by molar-refractivity contribution is 7.89. The van der Waals surface area contributed by atoms with Gasteiger partial charge in [0.15, 0.2) is 5.03 Å². The molecule has 0 saturated heterocycles. The van der Waals surface area contributed by atoms with Crippen LogP contribution in [0.1, 0.15) is 5.56 Å². The third kappa shape index (κ3) is 3.08. The van der Waals surface area contributed by atoms with Gasteiger partial charge >= 0.3 is 0 Å². The molecule has 0 spiro atoms. The van der Waals surface area contributed by atoms with Crippen LogP contribution >= 0.6 is 11.3 Å². The number of nitrogens with one attached hydrogen (secondary N) is 1. The molecule has 0 unspecified atom stereocenters. The summed E-state index contributed by atoms with van der Waals surface area (Å²) in [5, 5.41) is 3.96. The lowest BCUT2D eigenvalue weighted by atomic mass is 10.1. The van der Waals surface area contributed by atoms with E-state index in [1.807, 2.05) is 22.9 Å². The van der Waals surface area contributed by atoms with Gasteiger partial charge in [0.05, 0.1) is 12.0 Å². The van der Waals surface area contributed by atoms with Crippen molar-refractivity contribution >= 4 is 21.4 Å². The molecule has 0 aliphatic carbocycles. The summed E-state index contributed by atoms with van der Waals surface area (Å²) < 4.78 is 28.6. The molecule has 0 aliphatic rings. The standard InChI is InChI=1S/C14H14N4O2S2/c1-18-8-13(16-10-18)22(19,20)17-7-11-3-2-5-15-14(11)12-4-6-21-9-12/h2-6,8-10,17H,7H2,1H3. The number of aryl methyl sites for hydroxylation is 1. The van der Waals surface area contributed by atoms with Crippen molar-refractivity contribution < 1.29 is 8.42 Å². The summed E-state index contributed by atoms with van der Waals surface area (Å²) >= 11 is 1.57. The number of pyridine rings is 1. The van der Waals surface area contributed by atoms with Gasteiger partial charge in [-0.05, 0) is 23.1 Å². The highest BCUT2D eigenvalue weighted by Gasteiger charge is 2.17. The van der Waals surface area contributed by atoms with Gasteiger partial charge in [-0.25, -0.2) is 18.1 Å². The lowest BCUT2D eigenvalue weighted by Crippen LogP contribution is -2.24. The molecule has 3 heterocycles. The quantitative estimate of drug-likeness (QED) is 0.774. The van der Waals surface area contributed by atoms with Gasteiger partial charge in [0, 0.05) is 36.9 Å². The minimum absolute atomic E-state index is 0.0102. The number of aromatic nitrogens is 3. The second-order valence-corrected chi connectivity index (χ2v) is 7.22. The fourth-order valence-electron chi connectivity index (χ4n) is 2.01. The van der Waals surface area contributed by atoms with Gasteiger partial charge < -0.3 is 4.57 Å². The Bertz CT molecular complexity index is 870. The Balaban J connectivity index is 1.83. The first kappa shape index (κ1) is 14.9. The molecule has 22 heavy (non-hydrogen) atoms. The van der Waals surface area contributed by atoms with Crippen LogP contribution in [0.3, 0.4) is 0 Å². The largest absolute Gasteiger partial charge is 0.339 e. The molecule has 0 bridgehead atoms. The van der Waals surface area contributed by atoms with Crippen molar-refractivity contribution in [2.24, 2.45) is 7.05 Å². The highest BCUT2D eigenvalue weighted by atomic mass is 32.2. The molecule has 6 nitrogen and oxygen atoms in total. The minimum atomic E-state index is -3.63. The number of hydrogen-bond donors (Lipinski definition) is 1. The Labute approximate surface area is 132 Å². The van der Waals surface area contributed by atoms with Gasteiger partial charge in [0.25, 0.3) is 10.0 Å². The average molecular weight is 334 g/mol. The molecular formula is C14H14N4O2S2. The van der Waals surface area contributed by atoms with Crippen LogP contribution in [0, 0.1) is 0 Å². The van der Waals surface area contributed by atoms with E-state index in [4.69, 9.17) is 0 Å². The fourth-order valence-corrected chi connectivity index (χ4v) is 3.64. The normalized spacial score (nSPS) is 11.7. The van der Waals surface area contributed by atoms with Crippen molar-refractivity contribution in [3.8, 4) is 11.3 Å². The molecule has 0 aliphatic heterocycles. The van der Waals surface area contributed by atoms with Crippen LogP contribution in [0.2, 0.25) is 0 Å². The highest BCUT2D eigenvalue weighted by Crippen LogP contribution is 2.23. The van der Waals surface area contributed by atoms with Crippen LogP contribution in [0.5, 0.6) is 0 Å². The maximum absolute atomic E-state index is 12.2. The molecule has 0 atom stereocenters. The molecule has 0 radical (unpaired) electrons. The monoisotopic (exact) mass is 334 g/mol. The van der Waals surface area contributed by atoms with E-state index in [2.05, 4.69) is 14.7 Å². The van der Waals surface area contributed by atoms with Gasteiger partial charge in [-0.15, -0.1) is 0 Å². The van der Waals surface area contributed by atoms with Crippen LogP contribution in [0.15, 0.2) is 52.7 Å². The predicted molar refractivity (Wildman–Crippen MR) is 84.8 cm³/mol. The fraction of sp³-hybridized carbons (Fsp3) is 0.143. The molecule has 0 fully saturated rings. The van der Waals surface area contributed by atoms with Gasteiger partial charge in [-0.2, -0.15) is 11.3 Å². The Morgan fingerprint density at radius 1 is 1.32 bits per heavy atom. The van der Waals surface area contributed by atoms with Crippen LogP contribution in [0.4, 0.5) is 0 Å². The van der Waals surface area contributed by atoms with Crippen molar-refractivity contribution in [3.05, 3.63) is 53.2 Å². The first-order chi connectivity index (χ1) is 10.6. The number of imidazole rings is 1. The SMILES string of the molecule is Cn1cnc(S(=O)(=O)NCc2cccnc2-c2ccsc2)c1. The van der Waals surface area contributed by atoms with Crippen molar-refractivity contribution in [2.45, 2.75) is 11.6 Å². The van der Waals surface area contributed by atoms with Crippen LogP contribution in [-0.2, 0) is 23.6 Å². The Morgan fingerprint density at radius 2 is 2.18 bits per heavy atom. The Morgan fingerprint density at radius 3 is 2.86 bits per heavy atom. The predicted octanol–water partition coefficient (Wildman–Crippen LogP) is 2.02. The van der Waals surface area contributed by atoms with E-state index in [1.54, 1.807) is 35.2 Å². The number of thiophene rings is 1. The number of nitrogens with zero attached hydrogens (tertiary/aromatic N) is 3. The summed E-state index contributed by atoms with van der Waals surface area (Å²) in [6, 6.07) is 5.62. The molecule has 0 aromatic carbocycles. The van der Waals surface area contributed by atoms with E-state index in [-0.39, 0.29) is 11.6 Å². The maximum Gasteiger partial charge on any atom is 0.259 e. The smallest absolute Gasteiger partial charge is 0.259 e. The van der Waals surface area contributed by atoms with Crippen LogP contribution in [-0.4, -0.2) is 23.0 Å². The van der Waals surface area contributed by atoms with Crippen molar-refractivity contribution in [2.75, 3.05) is 0 Å². The summed E-state index contributed by atoms with van der Waals surface area (Å²) in [4.78, 5) is 8.22. The van der Waals surface area contributed by atoms with E-state index in [0.717, 1.165) is 16.8 Å². The third-order valence-electron chi connectivity index (χ3n) is 3.10. The summed E-state index contributed by atoms with van der Waals surface area (Å²) in [6.07, 6.45) is 4.62. The molecule has 1 N–H and O–H groups in total. The van der Waals surface area contributed by atoms with Gasteiger partial charge in [-0.3, -0.25) is 4.98 Å². The number of hydrogen-bond acceptors (Lipinski definition) is 5. The third-order valence-corrected chi connectivity index (χ3v) is 5.06. The van der Waals surface area contributed by atoms with Gasteiger partial charge in [0.2, 0.25) is 0 Å². The first-order valence-electron chi connectivity index (χ1n) is 6.50. The van der Waals surface area contributed by atoms with Crippen LogP contribution < -0.4 is 4.72 Å². The van der Waals surface area contributed by atoms with E-state index in [0.29, 0.717) is 0 Å².